The van der Waals surface area contributed by atoms with Crippen molar-refractivity contribution in [2.75, 3.05) is 0 Å². The van der Waals surface area contributed by atoms with Crippen LogP contribution >= 0.6 is 11.6 Å². The topological polar surface area (TPSA) is 88.4 Å². The number of aliphatic carboxylic acids is 1. The summed E-state index contributed by atoms with van der Waals surface area (Å²) in [5, 5.41) is 13.3. The first-order valence-corrected chi connectivity index (χ1v) is 15.1. The number of hydrogen-bond donors (Lipinski definition) is 2. The molecule has 0 saturated carbocycles. The van der Waals surface area contributed by atoms with Gasteiger partial charge in [0, 0.05) is 23.2 Å². The zero-order valence-electron chi connectivity index (χ0n) is 25.2. The number of aryl methyl sites for hydroxylation is 3. The SMILES string of the molecule is CCCC[C@@H](C(=O)N[C@@H](CC(=O)O)c1ccc(-c2ccc(C)cc2)cc1)n1cc(C)cc(Cc2c(C)cccc2Cl)c1=O. The van der Waals surface area contributed by atoms with Crippen LogP contribution in [0, 0.1) is 20.8 Å². The summed E-state index contributed by atoms with van der Waals surface area (Å²) < 4.78 is 1.51. The summed E-state index contributed by atoms with van der Waals surface area (Å²) in [6, 6.07) is 21.7. The van der Waals surface area contributed by atoms with Gasteiger partial charge in [0.25, 0.3) is 5.56 Å². The fourth-order valence-corrected chi connectivity index (χ4v) is 5.69. The number of rotatable bonds is 12. The maximum atomic E-state index is 13.9. The minimum Gasteiger partial charge on any atom is -0.481 e. The molecule has 0 saturated heterocycles. The molecule has 0 spiro atoms. The van der Waals surface area contributed by atoms with Gasteiger partial charge in [-0.2, -0.15) is 0 Å². The van der Waals surface area contributed by atoms with Gasteiger partial charge in [-0.3, -0.25) is 14.4 Å². The van der Waals surface area contributed by atoms with Crippen LogP contribution in [0.5, 0.6) is 0 Å². The van der Waals surface area contributed by atoms with Crippen molar-refractivity contribution in [3.05, 3.63) is 128 Å². The Morgan fingerprint density at radius 2 is 1.58 bits per heavy atom. The monoisotopic (exact) mass is 598 g/mol. The Kier molecular flexibility index (Phi) is 10.6. The zero-order valence-corrected chi connectivity index (χ0v) is 25.9. The van der Waals surface area contributed by atoms with Gasteiger partial charge in [-0.1, -0.05) is 97.6 Å². The van der Waals surface area contributed by atoms with E-state index in [0.29, 0.717) is 29.0 Å². The van der Waals surface area contributed by atoms with Crippen LogP contribution < -0.4 is 10.9 Å². The first-order chi connectivity index (χ1) is 20.6. The number of nitrogens with zero attached hydrogens (tertiary/aromatic N) is 1. The molecule has 3 aromatic carbocycles. The maximum Gasteiger partial charge on any atom is 0.305 e. The summed E-state index contributed by atoms with van der Waals surface area (Å²) >= 11 is 6.48. The molecule has 0 aliphatic rings. The molecular weight excluding hydrogens is 560 g/mol. The van der Waals surface area contributed by atoms with E-state index < -0.39 is 18.1 Å². The molecular formula is C36H39ClN2O4. The van der Waals surface area contributed by atoms with Gasteiger partial charge in [0.2, 0.25) is 5.91 Å². The van der Waals surface area contributed by atoms with Gasteiger partial charge in [0.05, 0.1) is 12.5 Å². The lowest BCUT2D eigenvalue weighted by molar-refractivity contribution is -0.138. The van der Waals surface area contributed by atoms with Crippen LogP contribution in [0.25, 0.3) is 11.1 Å². The van der Waals surface area contributed by atoms with Crippen LogP contribution in [0.1, 0.15) is 78.1 Å². The summed E-state index contributed by atoms with van der Waals surface area (Å²) in [5.41, 5.74) is 6.93. The van der Waals surface area contributed by atoms with Crippen LogP contribution in [0.4, 0.5) is 0 Å². The molecule has 2 atom stereocenters. The molecule has 4 rings (SSSR count). The second kappa shape index (κ2) is 14.3. The van der Waals surface area contributed by atoms with E-state index in [2.05, 4.69) is 5.32 Å². The van der Waals surface area contributed by atoms with Crippen molar-refractivity contribution in [2.45, 2.75) is 71.9 Å². The second-order valence-corrected chi connectivity index (χ2v) is 11.7. The molecule has 1 aromatic heterocycles. The highest BCUT2D eigenvalue weighted by Crippen LogP contribution is 2.26. The normalized spacial score (nSPS) is 12.5. The van der Waals surface area contributed by atoms with E-state index in [1.165, 1.54) is 10.1 Å². The molecule has 43 heavy (non-hydrogen) atoms. The molecule has 0 radical (unpaired) electrons. The summed E-state index contributed by atoms with van der Waals surface area (Å²) in [6.45, 7) is 7.92. The summed E-state index contributed by atoms with van der Waals surface area (Å²) in [5.74, 6) is -1.40. The third kappa shape index (κ3) is 8.02. The average Bonchev–Trinajstić information content (AvgIpc) is 2.97. The van der Waals surface area contributed by atoms with Gasteiger partial charge < -0.3 is 15.0 Å². The highest BCUT2D eigenvalue weighted by atomic mass is 35.5. The molecule has 0 aliphatic heterocycles. The summed E-state index contributed by atoms with van der Waals surface area (Å²) in [6.07, 6.45) is 3.80. The smallest absolute Gasteiger partial charge is 0.305 e. The van der Waals surface area contributed by atoms with Gasteiger partial charge in [0.15, 0.2) is 0 Å². The quantitative estimate of drug-likeness (QED) is 0.174. The molecule has 0 unspecified atom stereocenters. The third-order valence-corrected chi connectivity index (χ3v) is 8.19. The van der Waals surface area contributed by atoms with Crippen molar-refractivity contribution < 1.29 is 14.7 Å². The standard InChI is InChI=1S/C36H39ClN2O4/c1-5-6-10-33(39-22-24(3)19-29(36(39)43)20-30-25(4)8-7-9-31(30)37)35(42)38-32(21-34(40)41)28-17-15-27(16-18-28)26-13-11-23(2)12-14-26/h7-9,11-19,22,32-33H,5-6,10,20-21H2,1-4H3,(H,38,42)(H,40,41)/t32-,33-/m0/s1. The maximum absolute atomic E-state index is 13.9. The number of carbonyl (C=O) groups excluding carboxylic acids is 1. The van der Waals surface area contributed by atoms with E-state index in [0.717, 1.165) is 40.7 Å². The highest BCUT2D eigenvalue weighted by Gasteiger charge is 2.27. The average molecular weight is 599 g/mol. The van der Waals surface area contributed by atoms with Gasteiger partial charge >= 0.3 is 5.97 Å². The minimum absolute atomic E-state index is 0.251. The largest absolute Gasteiger partial charge is 0.481 e. The Morgan fingerprint density at radius 3 is 2.19 bits per heavy atom. The van der Waals surface area contributed by atoms with E-state index >= 15 is 0 Å². The number of carboxylic acid groups (broad SMARTS) is 1. The first-order valence-electron chi connectivity index (χ1n) is 14.7. The van der Waals surface area contributed by atoms with Crippen molar-refractivity contribution in [3.8, 4) is 11.1 Å². The van der Waals surface area contributed by atoms with Crippen molar-refractivity contribution in [1.82, 2.24) is 9.88 Å². The van der Waals surface area contributed by atoms with E-state index in [4.69, 9.17) is 11.6 Å². The van der Waals surface area contributed by atoms with E-state index in [1.54, 1.807) is 6.20 Å². The van der Waals surface area contributed by atoms with Crippen LogP contribution in [0.2, 0.25) is 5.02 Å². The van der Waals surface area contributed by atoms with Gasteiger partial charge in [-0.15, -0.1) is 0 Å². The van der Waals surface area contributed by atoms with E-state index in [1.807, 2.05) is 100 Å². The van der Waals surface area contributed by atoms with E-state index in [9.17, 15) is 19.5 Å². The summed E-state index contributed by atoms with van der Waals surface area (Å²) in [7, 11) is 0. The lowest BCUT2D eigenvalue weighted by atomic mass is 9.97. The molecule has 4 aromatic rings. The van der Waals surface area contributed by atoms with Crippen molar-refractivity contribution in [3.63, 3.8) is 0 Å². The minimum atomic E-state index is -1.02. The van der Waals surface area contributed by atoms with Crippen molar-refractivity contribution in [2.24, 2.45) is 0 Å². The number of carboxylic acids is 1. The first kappa shape index (κ1) is 31.8. The Hall–Kier alpha value is -4.16. The Labute approximate surface area is 258 Å². The van der Waals surface area contributed by atoms with Gasteiger partial charge in [-0.05, 0) is 72.7 Å². The number of aromatic nitrogens is 1. The van der Waals surface area contributed by atoms with Gasteiger partial charge in [-0.25, -0.2) is 0 Å². The molecule has 0 fully saturated rings. The Morgan fingerprint density at radius 1 is 0.930 bits per heavy atom. The van der Waals surface area contributed by atoms with Crippen LogP contribution in [-0.2, 0) is 16.0 Å². The lowest BCUT2D eigenvalue weighted by Crippen LogP contribution is -2.40. The molecule has 0 aliphatic carbocycles. The molecule has 0 bridgehead atoms. The van der Waals surface area contributed by atoms with Crippen molar-refractivity contribution >= 4 is 23.5 Å². The fourth-order valence-electron chi connectivity index (χ4n) is 5.40. The Bertz CT molecular complexity index is 1620. The number of halogens is 1. The molecule has 6 nitrogen and oxygen atoms in total. The van der Waals surface area contributed by atoms with Crippen molar-refractivity contribution in [1.29, 1.82) is 0 Å². The zero-order chi connectivity index (χ0) is 31.1. The lowest BCUT2D eigenvalue weighted by Gasteiger charge is -2.25. The predicted octanol–water partition coefficient (Wildman–Crippen LogP) is 7.75. The number of hydrogen-bond acceptors (Lipinski definition) is 3. The van der Waals surface area contributed by atoms with E-state index in [-0.39, 0.29) is 17.9 Å². The third-order valence-electron chi connectivity index (χ3n) is 7.84. The van der Waals surface area contributed by atoms with Gasteiger partial charge in [0.1, 0.15) is 6.04 Å². The number of amides is 1. The number of unbranched alkanes of at least 4 members (excludes halogenated alkanes) is 1. The Balaban J connectivity index is 1.65. The number of pyridine rings is 1. The van der Waals surface area contributed by atoms with Crippen LogP contribution in [0.15, 0.2) is 83.8 Å². The number of carbonyl (C=O) groups is 2. The molecule has 1 amide bonds. The molecule has 224 valence electrons. The number of nitrogens with one attached hydrogen (secondary N) is 1. The van der Waals surface area contributed by atoms with Crippen LogP contribution in [0.3, 0.4) is 0 Å². The second-order valence-electron chi connectivity index (χ2n) is 11.3. The molecule has 2 N–H and O–H groups in total. The number of benzene rings is 3. The fraction of sp³-hybridized carbons (Fsp3) is 0.306. The van der Waals surface area contributed by atoms with Crippen LogP contribution in [-0.4, -0.2) is 21.6 Å². The predicted molar refractivity (Wildman–Crippen MR) is 173 cm³/mol. The molecule has 1 heterocycles. The summed E-state index contributed by atoms with van der Waals surface area (Å²) in [4.78, 5) is 39.6. The molecule has 7 heteroatoms. The highest BCUT2D eigenvalue weighted by molar-refractivity contribution is 6.31.